The van der Waals surface area contributed by atoms with Crippen molar-refractivity contribution < 1.29 is 9.53 Å². The molecule has 0 aromatic carbocycles. The molecule has 3 heterocycles. The first-order valence-corrected chi connectivity index (χ1v) is 7.74. The minimum Gasteiger partial charge on any atom is -0.378 e. The molecule has 1 saturated heterocycles. The Kier molecular flexibility index (Phi) is 4.03. The van der Waals surface area contributed by atoms with Crippen LogP contribution in [0.2, 0.25) is 0 Å². The fraction of sp³-hybridized carbons (Fsp3) is 0.500. The number of amides is 1. The van der Waals surface area contributed by atoms with E-state index in [1.807, 2.05) is 16.8 Å². The molecular weight excluding hydrogens is 288 g/mol. The Labute approximate surface area is 127 Å². The number of carbonyl (C=O) groups excluding carboxylic acids is 1. The first-order chi connectivity index (χ1) is 10.1. The third-order valence-electron chi connectivity index (χ3n) is 3.53. The maximum Gasteiger partial charge on any atom is 0.242 e. The molecule has 1 aliphatic heterocycles. The van der Waals surface area contributed by atoms with E-state index in [1.165, 1.54) is 4.88 Å². The smallest absolute Gasteiger partial charge is 0.242 e. The van der Waals surface area contributed by atoms with Gasteiger partial charge in [0.25, 0.3) is 0 Å². The molecule has 21 heavy (non-hydrogen) atoms. The fourth-order valence-corrected chi connectivity index (χ4v) is 3.30. The summed E-state index contributed by atoms with van der Waals surface area (Å²) in [5.74, 6) is 0.922. The Morgan fingerprint density at radius 1 is 1.43 bits per heavy atom. The molecule has 0 saturated carbocycles. The lowest BCUT2D eigenvalue weighted by Crippen LogP contribution is -2.45. The van der Waals surface area contributed by atoms with Gasteiger partial charge in [-0.1, -0.05) is 0 Å². The molecule has 2 aromatic rings. The van der Waals surface area contributed by atoms with Crippen LogP contribution in [0.15, 0.2) is 12.4 Å². The summed E-state index contributed by atoms with van der Waals surface area (Å²) < 4.78 is 5.27. The number of likely N-dealkylation sites (N-methyl/N-ethyl adjacent to an activating group) is 1. The van der Waals surface area contributed by atoms with Gasteiger partial charge in [0.05, 0.1) is 25.1 Å². The molecule has 0 bridgehead atoms. The van der Waals surface area contributed by atoms with E-state index < -0.39 is 0 Å². The number of hydrogen-bond acceptors (Lipinski definition) is 6. The summed E-state index contributed by atoms with van der Waals surface area (Å²) in [7, 11) is 1.90. The summed E-state index contributed by atoms with van der Waals surface area (Å²) in [6, 6.07) is 2.07. The van der Waals surface area contributed by atoms with Gasteiger partial charge in [-0.3, -0.25) is 4.79 Å². The first kappa shape index (κ1) is 14.2. The molecule has 3 rings (SSSR count). The zero-order valence-electron chi connectivity index (χ0n) is 12.2. The van der Waals surface area contributed by atoms with Gasteiger partial charge in [0, 0.05) is 25.0 Å². The van der Waals surface area contributed by atoms with Gasteiger partial charge in [-0.2, -0.15) is 0 Å². The van der Waals surface area contributed by atoms with Crippen molar-refractivity contribution in [1.29, 1.82) is 0 Å². The van der Waals surface area contributed by atoms with Crippen molar-refractivity contribution in [2.24, 2.45) is 0 Å². The molecule has 1 amide bonds. The van der Waals surface area contributed by atoms with Crippen LogP contribution in [-0.2, 0) is 9.53 Å². The molecule has 112 valence electrons. The number of nitrogens with zero attached hydrogens (tertiary/aromatic N) is 4. The van der Waals surface area contributed by atoms with Crippen LogP contribution in [0.3, 0.4) is 0 Å². The molecule has 7 heteroatoms. The van der Waals surface area contributed by atoms with E-state index in [0.29, 0.717) is 32.8 Å². The van der Waals surface area contributed by atoms with E-state index in [2.05, 4.69) is 23.0 Å². The van der Waals surface area contributed by atoms with Crippen LogP contribution in [0, 0.1) is 6.92 Å². The number of carbonyl (C=O) groups is 1. The minimum atomic E-state index is 0.111. The number of aryl methyl sites for hydroxylation is 1. The second-order valence-corrected chi connectivity index (χ2v) is 6.36. The lowest BCUT2D eigenvalue weighted by molar-refractivity contribution is -0.133. The predicted molar refractivity (Wildman–Crippen MR) is 82.8 cm³/mol. The van der Waals surface area contributed by atoms with Crippen molar-refractivity contribution in [3.63, 3.8) is 0 Å². The highest BCUT2D eigenvalue weighted by atomic mass is 32.1. The van der Waals surface area contributed by atoms with Gasteiger partial charge in [-0.25, -0.2) is 9.97 Å². The van der Waals surface area contributed by atoms with Crippen LogP contribution in [0.5, 0.6) is 0 Å². The number of rotatable bonds is 3. The lowest BCUT2D eigenvalue weighted by atomic mass is 10.3. The number of morpholine rings is 1. The summed E-state index contributed by atoms with van der Waals surface area (Å²) in [5, 5.41) is 1.01. The standard InChI is InChI=1S/C14H18N4O2S/c1-10-7-11-13(15-9-16-14(11)21-10)17(2)8-12(19)18-3-5-20-6-4-18/h7,9H,3-6,8H2,1-2H3. The Hall–Kier alpha value is -1.73. The quantitative estimate of drug-likeness (QED) is 0.855. The maximum absolute atomic E-state index is 12.3. The SMILES string of the molecule is Cc1cc2c(N(C)CC(=O)N3CCOCC3)ncnc2s1. The molecule has 1 fully saturated rings. The molecule has 0 atom stereocenters. The van der Waals surface area contributed by atoms with Crippen molar-refractivity contribution >= 4 is 33.3 Å². The van der Waals surface area contributed by atoms with E-state index in [-0.39, 0.29) is 5.91 Å². The van der Waals surface area contributed by atoms with Gasteiger partial charge < -0.3 is 14.5 Å². The highest BCUT2D eigenvalue weighted by Gasteiger charge is 2.20. The molecule has 0 radical (unpaired) electrons. The molecule has 0 unspecified atom stereocenters. The van der Waals surface area contributed by atoms with Crippen molar-refractivity contribution in [1.82, 2.24) is 14.9 Å². The number of aromatic nitrogens is 2. The van der Waals surface area contributed by atoms with E-state index >= 15 is 0 Å². The molecule has 6 nitrogen and oxygen atoms in total. The second kappa shape index (κ2) is 5.95. The van der Waals surface area contributed by atoms with Gasteiger partial charge in [-0.15, -0.1) is 11.3 Å². The molecule has 0 N–H and O–H groups in total. The predicted octanol–water partition coefficient (Wildman–Crippen LogP) is 1.29. The van der Waals surface area contributed by atoms with E-state index in [9.17, 15) is 4.79 Å². The summed E-state index contributed by atoms with van der Waals surface area (Å²) in [5.41, 5.74) is 0. The van der Waals surface area contributed by atoms with Gasteiger partial charge in [0.2, 0.25) is 5.91 Å². The van der Waals surface area contributed by atoms with Gasteiger partial charge in [0.1, 0.15) is 17.0 Å². The zero-order chi connectivity index (χ0) is 14.8. The number of fused-ring (bicyclic) bond motifs is 1. The molecule has 2 aromatic heterocycles. The zero-order valence-corrected chi connectivity index (χ0v) is 13.0. The normalized spacial score (nSPS) is 15.4. The Balaban J connectivity index is 1.77. The molecular formula is C14H18N4O2S. The molecule has 0 spiro atoms. The van der Waals surface area contributed by atoms with Crippen LogP contribution in [0.1, 0.15) is 4.88 Å². The Morgan fingerprint density at radius 2 is 2.19 bits per heavy atom. The third kappa shape index (κ3) is 2.98. The highest BCUT2D eigenvalue weighted by molar-refractivity contribution is 7.18. The van der Waals surface area contributed by atoms with Crippen LogP contribution < -0.4 is 4.90 Å². The molecule has 1 aliphatic rings. The van der Waals surface area contributed by atoms with Crippen molar-refractivity contribution in [2.45, 2.75) is 6.92 Å². The first-order valence-electron chi connectivity index (χ1n) is 6.93. The minimum absolute atomic E-state index is 0.111. The summed E-state index contributed by atoms with van der Waals surface area (Å²) in [4.78, 5) is 26.8. The monoisotopic (exact) mass is 306 g/mol. The van der Waals surface area contributed by atoms with Crippen LogP contribution in [0.4, 0.5) is 5.82 Å². The van der Waals surface area contributed by atoms with Gasteiger partial charge in [0.15, 0.2) is 0 Å². The Morgan fingerprint density at radius 3 is 2.95 bits per heavy atom. The average Bonchev–Trinajstić information content (AvgIpc) is 2.87. The van der Waals surface area contributed by atoms with E-state index in [0.717, 1.165) is 16.0 Å². The topological polar surface area (TPSA) is 58.6 Å². The van der Waals surface area contributed by atoms with Crippen LogP contribution >= 0.6 is 11.3 Å². The maximum atomic E-state index is 12.3. The van der Waals surface area contributed by atoms with E-state index in [1.54, 1.807) is 17.7 Å². The number of thiophene rings is 1. The van der Waals surface area contributed by atoms with Crippen LogP contribution in [0.25, 0.3) is 10.2 Å². The largest absolute Gasteiger partial charge is 0.378 e. The highest BCUT2D eigenvalue weighted by Crippen LogP contribution is 2.29. The summed E-state index contributed by atoms with van der Waals surface area (Å²) >= 11 is 1.64. The molecule has 0 aliphatic carbocycles. The van der Waals surface area contributed by atoms with Crippen molar-refractivity contribution in [2.75, 3.05) is 44.8 Å². The van der Waals surface area contributed by atoms with Crippen molar-refractivity contribution in [3.8, 4) is 0 Å². The van der Waals surface area contributed by atoms with Crippen molar-refractivity contribution in [3.05, 3.63) is 17.3 Å². The van der Waals surface area contributed by atoms with Gasteiger partial charge >= 0.3 is 0 Å². The number of hydrogen-bond donors (Lipinski definition) is 0. The fourth-order valence-electron chi connectivity index (χ4n) is 2.46. The average molecular weight is 306 g/mol. The summed E-state index contributed by atoms with van der Waals surface area (Å²) in [6.45, 7) is 4.96. The third-order valence-corrected chi connectivity index (χ3v) is 4.49. The Bertz CT molecular complexity index is 651. The number of ether oxygens (including phenoxy) is 1. The van der Waals surface area contributed by atoms with Gasteiger partial charge in [-0.05, 0) is 13.0 Å². The van der Waals surface area contributed by atoms with E-state index in [4.69, 9.17) is 4.74 Å². The lowest BCUT2D eigenvalue weighted by Gasteiger charge is -2.29. The van der Waals surface area contributed by atoms with Crippen LogP contribution in [-0.4, -0.2) is 60.7 Å². The second-order valence-electron chi connectivity index (χ2n) is 5.12. The number of anilines is 1. The summed E-state index contributed by atoms with van der Waals surface area (Å²) in [6.07, 6.45) is 1.56.